The predicted octanol–water partition coefficient (Wildman–Crippen LogP) is 2.75. The van der Waals surface area contributed by atoms with Gasteiger partial charge < -0.3 is 5.11 Å². The molecular weight excluding hydrogens is 312 g/mol. The summed E-state index contributed by atoms with van der Waals surface area (Å²) in [6, 6.07) is 14.2. The summed E-state index contributed by atoms with van der Waals surface area (Å²) in [7, 11) is 0. The molecule has 1 aromatic carbocycles. The lowest BCUT2D eigenvalue weighted by Crippen LogP contribution is -2.21. The molecule has 1 atom stereocenters. The van der Waals surface area contributed by atoms with E-state index >= 15 is 0 Å². The summed E-state index contributed by atoms with van der Waals surface area (Å²) >= 11 is 0. The summed E-state index contributed by atoms with van der Waals surface area (Å²) in [4.78, 5) is 6.64. The molecule has 5 nitrogen and oxygen atoms in total. The van der Waals surface area contributed by atoms with Gasteiger partial charge in [0.2, 0.25) is 0 Å². The first-order chi connectivity index (χ1) is 12.3. The zero-order chi connectivity index (χ0) is 17.1. The van der Waals surface area contributed by atoms with E-state index in [0.717, 1.165) is 43.0 Å². The van der Waals surface area contributed by atoms with E-state index in [1.807, 2.05) is 35.1 Å². The highest BCUT2D eigenvalue weighted by Crippen LogP contribution is 2.26. The molecule has 1 saturated heterocycles. The summed E-state index contributed by atoms with van der Waals surface area (Å²) in [6.45, 7) is 3.08. The van der Waals surface area contributed by atoms with Gasteiger partial charge in [-0.15, -0.1) is 0 Å². The molecule has 4 rings (SSSR count). The molecule has 5 heteroatoms. The average molecular weight is 334 g/mol. The third-order valence-electron chi connectivity index (χ3n) is 4.77. The summed E-state index contributed by atoms with van der Waals surface area (Å²) in [6.07, 6.45) is 6.82. The van der Waals surface area contributed by atoms with E-state index in [-0.39, 0.29) is 6.61 Å². The van der Waals surface area contributed by atoms with Crippen molar-refractivity contribution in [2.45, 2.75) is 13.0 Å². The maximum absolute atomic E-state index is 9.38. The maximum Gasteiger partial charge on any atom is 0.0988 e. The van der Waals surface area contributed by atoms with Crippen LogP contribution in [0.15, 0.2) is 61.1 Å². The average Bonchev–Trinajstić information content (AvgIpc) is 3.30. The number of hydrogen-bond donors (Lipinski definition) is 1. The molecule has 0 saturated carbocycles. The Morgan fingerprint density at radius 3 is 2.72 bits per heavy atom. The van der Waals surface area contributed by atoms with E-state index in [2.05, 4.69) is 34.3 Å². The zero-order valence-corrected chi connectivity index (χ0v) is 14.1. The van der Waals surface area contributed by atoms with Gasteiger partial charge in [0.25, 0.3) is 0 Å². The van der Waals surface area contributed by atoms with Gasteiger partial charge in [0, 0.05) is 49.4 Å². The third kappa shape index (κ3) is 3.48. The Morgan fingerprint density at radius 1 is 1.12 bits per heavy atom. The van der Waals surface area contributed by atoms with Gasteiger partial charge in [0.05, 0.1) is 11.4 Å². The normalized spacial score (nSPS) is 17.9. The second-order valence-electron chi connectivity index (χ2n) is 6.60. The number of aliphatic hydroxyl groups excluding tert-OH is 1. The summed E-state index contributed by atoms with van der Waals surface area (Å²) in [5.74, 6) is 0.394. The van der Waals surface area contributed by atoms with Crippen molar-refractivity contribution in [1.82, 2.24) is 19.7 Å². The number of likely N-dealkylation sites (tertiary alicyclic amines) is 1. The number of aromatic nitrogens is 3. The van der Waals surface area contributed by atoms with Gasteiger partial charge in [-0.2, -0.15) is 5.10 Å². The van der Waals surface area contributed by atoms with E-state index in [0.29, 0.717) is 5.92 Å². The molecule has 0 aliphatic carbocycles. The van der Waals surface area contributed by atoms with Crippen LogP contribution in [0.5, 0.6) is 0 Å². The van der Waals surface area contributed by atoms with Crippen LogP contribution in [-0.4, -0.2) is 44.5 Å². The van der Waals surface area contributed by atoms with E-state index in [9.17, 15) is 5.11 Å². The number of benzene rings is 1. The first-order valence-electron chi connectivity index (χ1n) is 8.71. The number of nitrogens with zero attached hydrogens (tertiary/aromatic N) is 4. The molecule has 128 valence electrons. The number of rotatable bonds is 5. The van der Waals surface area contributed by atoms with Crippen molar-refractivity contribution >= 4 is 0 Å². The molecule has 3 aromatic rings. The van der Waals surface area contributed by atoms with Gasteiger partial charge in [-0.3, -0.25) is 9.88 Å². The van der Waals surface area contributed by atoms with Crippen molar-refractivity contribution in [3.63, 3.8) is 0 Å². The molecule has 1 aliphatic heterocycles. The Morgan fingerprint density at radius 2 is 2.00 bits per heavy atom. The fraction of sp³-hybridized carbons (Fsp3) is 0.300. The molecule has 25 heavy (non-hydrogen) atoms. The van der Waals surface area contributed by atoms with Crippen molar-refractivity contribution in [2.24, 2.45) is 5.92 Å². The van der Waals surface area contributed by atoms with Crippen molar-refractivity contribution < 1.29 is 5.11 Å². The van der Waals surface area contributed by atoms with Crippen LogP contribution in [0.2, 0.25) is 0 Å². The zero-order valence-electron chi connectivity index (χ0n) is 14.1. The lowest BCUT2D eigenvalue weighted by atomic mass is 10.1. The first kappa shape index (κ1) is 16.0. The van der Waals surface area contributed by atoms with Crippen LogP contribution in [-0.2, 0) is 6.54 Å². The molecule has 1 aliphatic rings. The molecular formula is C20H22N4O. The van der Waals surface area contributed by atoms with Gasteiger partial charge in [-0.1, -0.05) is 18.2 Å². The SMILES string of the molecule is OCC1CCN(Cc2cn(-c3ccccc3)nc2-c2cccnc2)C1. The van der Waals surface area contributed by atoms with Crippen LogP contribution < -0.4 is 0 Å². The fourth-order valence-corrected chi connectivity index (χ4v) is 3.43. The number of para-hydroxylation sites is 1. The highest BCUT2D eigenvalue weighted by atomic mass is 16.3. The Balaban J connectivity index is 1.67. The Labute approximate surface area is 147 Å². The van der Waals surface area contributed by atoms with E-state index < -0.39 is 0 Å². The second-order valence-corrected chi connectivity index (χ2v) is 6.60. The molecule has 3 heterocycles. The van der Waals surface area contributed by atoms with E-state index in [1.54, 1.807) is 6.20 Å². The van der Waals surface area contributed by atoms with E-state index in [1.165, 1.54) is 5.56 Å². The number of hydrogen-bond acceptors (Lipinski definition) is 4. The largest absolute Gasteiger partial charge is 0.396 e. The maximum atomic E-state index is 9.38. The lowest BCUT2D eigenvalue weighted by Gasteiger charge is -2.15. The molecule has 0 spiro atoms. The molecule has 1 N–H and O–H groups in total. The van der Waals surface area contributed by atoms with Gasteiger partial charge in [-0.05, 0) is 43.1 Å². The Bertz CT molecular complexity index is 816. The molecule has 0 bridgehead atoms. The van der Waals surface area contributed by atoms with Crippen LogP contribution in [0.25, 0.3) is 16.9 Å². The molecule has 0 radical (unpaired) electrons. The minimum absolute atomic E-state index is 0.273. The van der Waals surface area contributed by atoms with Crippen LogP contribution >= 0.6 is 0 Å². The number of aliphatic hydroxyl groups is 1. The molecule has 0 amide bonds. The minimum atomic E-state index is 0.273. The number of pyridine rings is 1. The van der Waals surface area contributed by atoms with Crippen LogP contribution in [0, 0.1) is 5.92 Å². The van der Waals surface area contributed by atoms with Gasteiger partial charge in [-0.25, -0.2) is 4.68 Å². The molecule has 1 unspecified atom stereocenters. The monoisotopic (exact) mass is 334 g/mol. The van der Waals surface area contributed by atoms with Crippen molar-refractivity contribution in [2.75, 3.05) is 19.7 Å². The van der Waals surface area contributed by atoms with Gasteiger partial charge in [0.15, 0.2) is 0 Å². The summed E-state index contributed by atoms with van der Waals surface area (Å²) in [5, 5.41) is 14.2. The van der Waals surface area contributed by atoms with Crippen LogP contribution in [0.1, 0.15) is 12.0 Å². The molecule has 1 fully saturated rings. The minimum Gasteiger partial charge on any atom is -0.396 e. The molecule has 2 aromatic heterocycles. The van der Waals surface area contributed by atoms with E-state index in [4.69, 9.17) is 5.10 Å². The third-order valence-corrected chi connectivity index (χ3v) is 4.77. The predicted molar refractivity (Wildman–Crippen MR) is 97.3 cm³/mol. The lowest BCUT2D eigenvalue weighted by molar-refractivity contribution is 0.220. The highest BCUT2D eigenvalue weighted by molar-refractivity contribution is 5.62. The van der Waals surface area contributed by atoms with Gasteiger partial charge >= 0.3 is 0 Å². The van der Waals surface area contributed by atoms with Crippen LogP contribution in [0.4, 0.5) is 0 Å². The fourth-order valence-electron chi connectivity index (χ4n) is 3.43. The smallest absolute Gasteiger partial charge is 0.0988 e. The Hall–Kier alpha value is -2.50. The summed E-state index contributed by atoms with van der Waals surface area (Å²) < 4.78 is 1.94. The standard InChI is InChI=1S/C20H22N4O/c25-15-16-8-10-23(12-16)13-18-14-24(19-6-2-1-3-7-19)22-20(18)17-5-4-9-21-11-17/h1-7,9,11,14,16,25H,8,10,12-13,15H2. The second kappa shape index (κ2) is 7.17. The van der Waals surface area contributed by atoms with Crippen molar-refractivity contribution in [1.29, 1.82) is 0 Å². The van der Waals surface area contributed by atoms with Crippen LogP contribution in [0.3, 0.4) is 0 Å². The summed E-state index contributed by atoms with van der Waals surface area (Å²) in [5.41, 5.74) is 4.25. The van der Waals surface area contributed by atoms with Crippen molar-refractivity contribution in [3.05, 3.63) is 66.6 Å². The van der Waals surface area contributed by atoms with Crippen molar-refractivity contribution in [3.8, 4) is 16.9 Å². The highest BCUT2D eigenvalue weighted by Gasteiger charge is 2.23. The Kier molecular flexibility index (Phi) is 4.59. The topological polar surface area (TPSA) is 54.2 Å². The van der Waals surface area contributed by atoms with Gasteiger partial charge in [0.1, 0.15) is 0 Å². The quantitative estimate of drug-likeness (QED) is 0.779. The first-order valence-corrected chi connectivity index (χ1v) is 8.71.